The zero-order valence-electron chi connectivity index (χ0n) is 14.3. The summed E-state index contributed by atoms with van der Waals surface area (Å²) in [5.74, 6) is -0.147. The average molecular weight is 408 g/mol. The van der Waals surface area contributed by atoms with Crippen LogP contribution in [-0.4, -0.2) is 25.3 Å². The maximum Gasteiger partial charge on any atom is 0.331 e. The molecule has 0 radical (unpaired) electrons. The fourth-order valence-corrected chi connectivity index (χ4v) is 2.79. The molecule has 2 aromatic carbocycles. The minimum Gasteiger partial charge on any atom is -0.454 e. The Labute approximate surface area is 165 Å². The third-order valence-corrected chi connectivity index (χ3v) is 4.20. The Morgan fingerprint density at radius 3 is 2.85 bits per heavy atom. The molecule has 0 unspecified atom stereocenters. The Morgan fingerprint density at radius 1 is 1.22 bits per heavy atom. The third kappa shape index (κ3) is 4.93. The molecule has 1 N–H and O–H groups in total. The molecule has 6 nitrogen and oxygen atoms in total. The lowest BCUT2D eigenvalue weighted by Crippen LogP contribution is -2.20. The fraction of sp³-hybridized carbons (Fsp3) is 0.158. The van der Waals surface area contributed by atoms with E-state index in [0.717, 1.165) is 5.56 Å². The smallest absolute Gasteiger partial charge is 0.331 e. The van der Waals surface area contributed by atoms with Crippen molar-refractivity contribution in [3.8, 4) is 11.5 Å². The lowest BCUT2D eigenvalue weighted by Gasteiger charge is -2.08. The van der Waals surface area contributed by atoms with Crippen LogP contribution in [0.3, 0.4) is 0 Å². The van der Waals surface area contributed by atoms with Crippen LogP contribution in [0.5, 0.6) is 11.5 Å². The number of anilines is 1. The summed E-state index contributed by atoms with van der Waals surface area (Å²) in [6.07, 6.45) is 2.71. The molecule has 8 heteroatoms. The Bertz CT molecular complexity index is 927. The van der Waals surface area contributed by atoms with E-state index < -0.39 is 18.5 Å². The van der Waals surface area contributed by atoms with E-state index in [1.165, 1.54) is 12.2 Å². The van der Waals surface area contributed by atoms with Crippen LogP contribution in [0.4, 0.5) is 5.69 Å². The van der Waals surface area contributed by atoms with Gasteiger partial charge in [-0.1, -0.05) is 29.3 Å². The van der Waals surface area contributed by atoms with Crippen LogP contribution in [0.1, 0.15) is 11.1 Å². The molecule has 0 bridgehead atoms. The lowest BCUT2D eigenvalue weighted by atomic mass is 10.2. The van der Waals surface area contributed by atoms with E-state index in [1.807, 2.05) is 6.92 Å². The van der Waals surface area contributed by atoms with Gasteiger partial charge in [-0.25, -0.2) is 4.79 Å². The van der Waals surface area contributed by atoms with Crippen molar-refractivity contribution >= 4 is 46.8 Å². The van der Waals surface area contributed by atoms with E-state index in [0.29, 0.717) is 32.8 Å². The summed E-state index contributed by atoms with van der Waals surface area (Å²) < 4.78 is 15.4. The highest BCUT2D eigenvalue weighted by Crippen LogP contribution is 2.40. The first-order chi connectivity index (χ1) is 12.9. The van der Waals surface area contributed by atoms with Crippen LogP contribution >= 0.6 is 23.2 Å². The van der Waals surface area contributed by atoms with Gasteiger partial charge < -0.3 is 19.5 Å². The average Bonchev–Trinajstić information content (AvgIpc) is 3.10. The summed E-state index contributed by atoms with van der Waals surface area (Å²) >= 11 is 12.0. The van der Waals surface area contributed by atoms with Crippen LogP contribution in [0.2, 0.25) is 10.0 Å². The first kappa shape index (κ1) is 19.1. The zero-order valence-corrected chi connectivity index (χ0v) is 15.8. The van der Waals surface area contributed by atoms with Crippen molar-refractivity contribution in [1.82, 2.24) is 0 Å². The summed E-state index contributed by atoms with van der Waals surface area (Å²) in [5.41, 5.74) is 2.05. The van der Waals surface area contributed by atoms with Gasteiger partial charge in [0.25, 0.3) is 5.91 Å². The number of fused-ring (bicyclic) bond motifs is 1. The van der Waals surface area contributed by atoms with Crippen molar-refractivity contribution in [3.05, 3.63) is 57.6 Å². The molecule has 140 valence electrons. The topological polar surface area (TPSA) is 73.9 Å². The maximum absolute atomic E-state index is 11.9. The zero-order chi connectivity index (χ0) is 19.4. The number of nitrogens with one attached hydrogen (secondary N) is 1. The first-order valence-electron chi connectivity index (χ1n) is 7.92. The summed E-state index contributed by atoms with van der Waals surface area (Å²) in [6, 6.07) is 8.45. The Balaban J connectivity index is 1.53. The van der Waals surface area contributed by atoms with Gasteiger partial charge in [0.2, 0.25) is 6.79 Å². The highest BCUT2D eigenvalue weighted by atomic mass is 35.5. The van der Waals surface area contributed by atoms with Crippen LogP contribution in [0.25, 0.3) is 6.08 Å². The molecule has 3 rings (SSSR count). The van der Waals surface area contributed by atoms with E-state index in [9.17, 15) is 9.59 Å². The maximum atomic E-state index is 11.9. The van der Waals surface area contributed by atoms with Crippen molar-refractivity contribution in [2.45, 2.75) is 6.92 Å². The second-order valence-electron chi connectivity index (χ2n) is 5.68. The van der Waals surface area contributed by atoms with E-state index in [1.54, 1.807) is 30.3 Å². The largest absolute Gasteiger partial charge is 0.454 e. The van der Waals surface area contributed by atoms with Crippen molar-refractivity contribution < 1.29 is 23.8 Å². The number of halogens is 2. The SMILES string of the molecule is Cc1ccc(Cl)cc1NC(=O)COC(=O)/C=C/c1cc(Cl)c2c(c1)OCO2. The van der Waals surface area contributed by atoms with Crippen molar-refractivity contribution in [2.75, 3.05) is 18.7 Å². The predicted octanol–water partition coefficient (Wildman–Crippen LogP) is 4.23. The number of amides is 1. The summed E-state index contributed by atoms with van der Waals surface area (Å²) in [7, 11) is 0. The van der Waals surface area contributed by atoms with Gasteiger partial charge in [0, 0.05) is 16.8 Å². The summed E-state index contributed by atoms with van der Waals surface area (Å²) in [5, 5.41) is 3.53. The Kier molecular flexibility index (Phi) is 5.88. The number of hydrogen-bond acceptors (Lipinski definition) is 5. The van der Waals surface area contributed by atoms with Gasteiger partial charge >= 0.3 is 5.97 Å². The normalized spacial score (nSPS) is 12.3. The van der Waals surface area contributed by atoms with E-state index in [2.05, 4.69) is 5.32 Å². The molecule has 1 heterocycles. The monoisotopic (exact) mass is 407 g/mol. The third-order valence-electron chi connectivity index (χ3n) is 3.68. The number of ether oxygens (including phenoxy) is 3. The fourth-order valence-electron chi connectivity index (χ4n) is 2.35. The predicted molar refractivity (Wildman–Crippen MR) is 102 cm³/mol. The molecule has 1 aliphatic rings. The number of carbonyl (C=O) groups is 2. The number of carbonyl (C=O) groups excluding carboxylic acids is 2. The van der Waals surface area contributed by atoms with E-state index >= 15 is 0 Å². The van der Waals surface area contributed by atoms with Gasteiger partial charge in [0.05, 0.1) is 5.02 Å². The molecular formula is C19H15Cl2NO5. The molecular weight excluding hydrogens is 393 g/mol. The van der Waals surface area contributed by atoms with Gasteiger partial charge in [0.1, 0.15) is 0 Å². The van der Waals surface area contributed by atoms with Gasteiger partial charge in [-0.15, -0.1) is 0 Å². The second kappa shape index (κ2) is 8.33. The highest BCUT2D eigenvalue weighted by Gasteiger charge is 2.17. The van der Waals surface area contributed by atoms with E-state index in [-0.39, 0.29) is 6.79 Å². The molecule has 1 aliphatic heterocycles. The molecule has 1 amide bonds. The number of hydrogen-bond donors (Lipinski definition) is 1. The number of esters is 1. The van der Waals surface area contributed by atoms with E-state index in [4.69, 9.17) is 37.4 Å². The molecule has 0 aromatic heterocycles. The van der Waals surface area contributed by atoms with Crippen LogP contribution in [0, 0.1) is 6.92 Å². The Morgan fingerprint density at radius 2 is 2.04 bits per heavy atom. The lowest BCUT2D eigenvalue weighted by molar-refractivity contribution is -0.142. The first-order valence-corrected chi connectivity index (χ1v) is 8.68. The van der Waals surface area contributed by atoms with Crippen LogP contribution in [0.15, 0.2) is 36.4 Å². The standard InChI is InChI=1S/C19H15Cl2NO5/c1-11-2-4-13(20)8-15(11)22-17(23)9-25-18(24)5-3-12-6-14(21)19-16(7-12)26-10-27-19/h2-8H,9-10H2,1H3,(H,22,23)/b5-3+. The molecule has 0 fully saturated rings. The number of benzene rings is 2. The van der Waals surface area contributed by atoms with Crippen LogP contribution in [-0.2, 0) is 14.3 Å². The quantitative estimate of drug-likeness (QED) is 0.592. The van der Waals surface area contributed by atoms with Gasteiger partial charge in [0.15, 0.2) is 18.1 Å². The molecule has 2 aromatic rings. The van der Waals surface area contributed by atoms with Gasteiger partial charge in [-0.3, -0.25) is 4.79 Å². The molecule has 0 spiro atoms. The molecule has 0 aliphatic carbocycles. The second-order valence-corrected chi connectivity index (χ2v) is 6.53. The highest BCUT2D eigenvalue weighted by molar-refractivity contribution is 6.32. The summed E-state index contributed by atoms with van der Waals surface area (Å²) in [4.78, 5) is 23.7. The number of aryl methyl sites for hydroxylation is 1. The van der Waals surface area contributed by atoms with Gasteiger partial charge in [-0.05, 0) is 48.4 Å². The Hall–Kier alpha value is -2.70. The minimum absolute atomic E-state index is 0.103. The van der Waals surface area contributed by atoms with Crippen molar-refractivity contribution in [2.24, 2.45) is 0 Å². The minimum atomic E-state index is -0.665. The molecule has 0 saturated carbocycles. The molecule has 0 atom stereocenters. The van der Waals surface area contributed by atoms with Crippen molar-refractivity contribution in [3.63, 3.8) is 0 Å². The van der Waals surface area contributed by atoms with Crippen LogP contribution < -0.4 is 14.8 Å². The number of rotatable bonds is 5. The molecule has 0 saturated heterocycles. The van der Waals surface area contributed by atoms with Gasteiger partial charge in [-0.2, -0.15) is 0 Å². The molecule has 27 heavy (non-hydrogen) atoms. The summed E-state index contributed by atoms with van der Waals surface area (Å²) in [6.45, 7) is 1.51. The van der Waals surface area contributed by atoms with Crippen molar-refractivity contribution in [1.29, 1.82) is 0 Å².